The van der Waals surface area contributed by atoms with Crippen molar-refractivity contribution in [2.45, 2.75) is 13.3 Å². The molecule has 1 aromatic heterocycles. The van der Waals surface area contributed by atoms with Gasteiger partial charge in [0, 0.05) is 11.9 Å². The van der Waals surface area contributed by atoms with Gasteiger partial charge in [0.15, 0.2) is 23.2 Å². The van der Waals surface area contributed by atoms with Crippen LogP contribution in [0.15, 0.2) is 30.5 Å². The van der Waals surface area contributed by atoms with Crippen LogP contribution in [0.2, 0.25) is 0 Å². The molecule has 2 rings (SSSR count). The zero-order chi connectivity index (χ0) is 14.0. The van der Waals surface area contributed by atoms with Gasteiger partial charge in [-0.05, 0) is 30.7 Å². The number of pyridine rings is 1. The van der Waals surface area contributed by atoms with E-state index in [4.69, 9.17) is 0 Å². The predicted molar refractivity (Wildman–Crippen MR) is 63.3 cm³/mol. The van der Waals surface area contributed by atoms with Gasteiger partial charge in [-0.15, -0.1) is 0 Å². The normalized spacial score (nSPS) is 10.5. The van der Waals surface area contributed by atoms with E-state index < -0.39 is 28.8 Å². The number of aryl methyl sites for hydroxylation is 1. The molecule has 0 bridgehead atoms. The summed E-state index contributed by atoms with van der Waals surface area (Å²) in [7, 11) is 0. The molecule has 0 saturated heterocycles. The van der Waals surface area contributed by atoms with E-state index in [9.17, 15) is 18.0 Å². The van der Waals surface area contributed by atoms with E-state index in [1.807, 2.05) is 6.92 Å². The molecule has 2 nitrogen and oxygen atoms in total. The molecule has 19 heavy (non-hydrogen) atoms. The minimum absolute atomic E-state index is 0.164. The Balaban J connectivity index is 2.25. The Morgan fingerprint density at radius 3 is 2.47 bits per heavy atom. The molecular weight excluding hydrogens is 255 g/mol. The average Bonchev–Trinajstić information content (AvgIpc) is 2.39. The zero-order valence-electron chi connectivity index (χ0n) is 10.1. The van der Waals surface area contributed by atoms with Crippen LogP contribution in [0.4, 0.5) is 13.2 Å². The average molecular weight is 265 g/mol. The summed E-state index contributed by atoms with van der Waals surface area (Å²) in [4.78, 5) is 15.8. The van der Waals surface area contributed by atoms with E-state index in [0.717, 1.165) is 17.7 Å². The molecule has 1 heterocycles. The Labute approximate surface area is 107 Å². The maximum atomic E-state index is 13.4. The van der Waals surface area contributed by atoms with Crippen LogP contribution in [0.3, 0.4) is 0 Å². The number of aromatic nitrogens is 1. The number of halogens is 3. The molecular formula is C14H10F3NO. The molecule has 0 spiro atoms. The van der Waals surface area contributed by atoms with Crippen molar-refractivity contribution in [1.29, 1.82) is 0 Å². The lowest BCUT2D eigenvalue weighted by Gasteiger charge is -2.04. The number of rotatable bonds is 3. The van der Waals surface area contributed by atoms with Crippen molar-refractivity contribution < 1.29 is 18.0 Å². The minimum atomic E-state index is -1.64. The molecule has 98 valence electrons. The summed E-state index contributed by atoms with van der Waals surface area (Å²) in [6.45, 7) is 1.84. The highest BCUT2D eigenvalue weighted by atomic mass is 19.2. The number of carbonyl (C=O) groups excluding carboxylic acids is 1. The Morgan fingerprint density at radius 1 is 1.11 bits per heavy atom. The molecule has 1 aromatic carbocycles. The lowest BCUT2D eigenvalue weighted by Crippen LogP contribution is -2.09. The fourth-order valence-corrected chi connectivity index (χ4v) is 1.60. The van der Waals surface area contributed by atoms with E-state index in [1.54, 1.807) is 18.3 Å². The van der Waals surface area contributed by atoms with Crippen LogP contribution in [-0.4, -0.2) is 10.8 Å². The monoisotopic (exact) mass is 265 g/mol. The Kier molecular flexibility index (Phi) is 3.64. The van der Waals surface area contributed by atoms with E-state index in [0.29, 0.717) is 5.69 Å². The first kappa shape index (κ1) is 13.3. The van der Waals surface area contributed by atoms with Crippen molar-refractivity contribution >= 4 is 5.78 Å². The van der Waals surface area contributed by atoms with Gasteiger partial charge in [0.1, 0.15) is 0 Å². The highest BCUT2D eigenvalue weighted by Gasteiger charge is 2.19. The first-order valence-electron chi connectivity index (χ1n) is 5.57. The summed E-state index contributed by atoms with van der Waals surface area (Å²) < 4.78 is 39.2. The van der Waals surface area contributed by atoms with Crippen molar-refractivity contribution in [2.24, 2.45) is 0 Å². The second-order valence-corrected chi connectivity index (χ2v) is 4.15. The number of carbonyl (C=O) groups is 1. The molecule has 0 amide bonds. The molecule has 0 aliphatic heterocycles. The Morgan fingerprint density at radius 2 is 1.84 bits per heavy atom. The zero-order valence-corrected chi connectivity index (χ0v) is 10.1. The number of hydrogen-bond donors (Lipinski definition) is 0. The van der Waals surface area contributed by atoms with E-state index >= 15 is 0 Å². The SMILES string of the molecule is Cc1ccc(CC(=O)c2ccc(F)c(F)c2F)nc1. The molecule has 2 aromatic rings. The van der Waals surface area contributed by atoms with Gasteiger partial charge in [-0.3, -0.25) is 9.78 Å². The van der Waals surface area contributed by atoms with Crippen LogP contribution in [-0.2, 0) is 6.42 Å². The van der Waals surface area contributed by atoms with Gasteiger partial charge in [0.2, 0.25) is 0 Å². The highest BCUT2D eigenvalue weighted by molar-refractivity contribution is 5.97. The molecule has 5 heteroatoms. The van der Waals surface area contributed by atoms with Crippen LogP contribution in [0.5, 0.6) is 0 Å². The van der Waals surface area contributed by atoms with Gasteiger partial charge in [-0.25, -0.2) is 13.2 Å². The first-order valence-corrected chi connectivity index (χ1v) is 5.57. The molecule has 0 N–H and O–H groups in total. The highest BCUT2D eigenvalue weighted by Crippen LogP contribution is 2.17. The topological polar surface area (TPSA) is 30.0 Å². The molecule has 0 aliphatic carbocycles. The number of ketones is 1. The smallest absolute Gasteiger partial charge is 0.195 e. The summed E-state index contributed by atoms with van der Waals surface area (Å²) in [6, 6.07) is 5.06. The Hall–Kier alpha value is -2.17. The standard InChI is InChI=1S/C14H10F3NO/c1-8-2-3-9(18-7-8)6-12(19)10-4-5-11(15)14(17)13(10)16/h2-5,7H,6H2,1H3. The molecule has 0 unspecified atom stereocenters. The van der Waals surface area contributed by atoms with Gasteiger partial charge in [-0.2, -0.15) is 0 Å². The second-order valence-electron chi connectivity index (χ2n) is 4.15. The van der Waals surface area contributed by atoms with Crippen molar-refractivity contribution in [3.8, 4) is 0 Å². The van der Waals surface area contributed by atoms with Crippen molar-refractivity contribution in [2.75, 3.05) is 0 Å². The fraction of sp³-hybridized carbons (Fsp3) is 0.143. The third kappa shape index (κ3) is 2.81. The lowest BCUT2D eigenvalue weighted by atomic mass is 10.0. The summed E-state index contributed by atoms with van der Waals surface area (Å²) in [5.41, 5.74) is 0.899. The summed E-state index contributed by atoms with van der Waals surface area (Å²) in [5, 5.41) is 0. The van der Waals surface area contributed by atoms with Crippen molar-refractivity contribution in [3.63, 3.8) is 0 Å². The van der Waals surface area contributed by atoms with Crippen LogP contribution in [0.1, 0.15) is 21.6 Å². The van der Waals surface area contributed by atoms with Crippen molar-refractivity contribution in [1.82, 2.24) is 4.98 Å². The second kappa shape index (κ2) is 5.22. The van der Waals surface area contributed by atoms with E-state index in [1.165, 1.54) is 0 Å². The first-order chi connectivity index (χ1) is 8.99. The number of benzene rings is 1. The molecule has 0 saturated carbocycles. The van der Waals surface area contributed by atoms with Crippen LogP contribution in [0.25, 0.3) is 0 Å². The third-order valence-corrected chi connectivity index (χ3v) is 2.65. The van der Waals surface area contributed by atoms with Crippen LogP contribution >= 0.6 is 0 Å². The quantitative estimate of drug-likeness (QED) is 0.630. The van der Waals surface area contributed by atoms with Gasteiger partial charge in [0.05, 0.1) is 12.0 Å². The van der Waals surface area contributed by atoms with E-state index in [-0.39, 0.29) is 6.42 Å². The maximum Gasteiger partial charge on any atom is 0.195 e. The van der Waals surface area contributed by atoms with Crippen LogP contribution in [0, 0.1) is 24.4 Å². The van der Waals surface area contributed by atoms with E-state index in [2.05, 4.69) is 4.98 Å². The predicted octanol–water partition coefficient (Wildman–Crippen LogP) is 3.23. The summed E-state index contributed by atoms with van der Waals surface area (Å²) in [6.07, 6.45) is 1.41. The maximum absolute atomic E-state index is 13.4. The largest absolute Gasteiger partial charge is 0.294 e. The third-order valence-electron chi connectivity index (χ3n) is 2.65. The summed E-state index contributed by atoms with van der Waals surface area (Å²) in [5.74, 6) is -5.06. The molecule has 0 atom stereocenters. The molecule has 0 aliphatic rings. The minimum Gasteiger partial charge on any atom is -0.294 e. The molecule has 0 fully saturated rings. The fourth-order valence-electron chi connectivity index (χ4n) is 1.60. The van der Waals surface area contributed by atoms with Gasteiger partial charge >= 0.3 is 0 Å². The van der Waals surface area contributed by atoms with Gasteiger partial charge in [-0.1, -0.05) is 6.07 Å². The summed E-state index contributed by atoms with van der Waals surface area (Å²) >= 11 is 0. The van der Waals surface area contributed by atoms with Crippen molar-refractivity contribution in [3.05, 3.63) is 64.7 Å². The number of Topliss-reactive ketones (excluding diaryl/α,β-unsaturated/α-hetero) is 1. The molecule has 0 radical (unpaired) electrons. The van der Waals surface area contributed by atoms with Crippen LogP contribution < -0.4 is 0 Å². The van der Waals surface area contributed by atoms with Gasteiger partial charge in [0.25, 0.3) is 0 Å². The van der Waals surface area contributed by atoms with Gasteiger partial charge < -0.3 is 0 Å². The lowest BCUT2D eigenvalue weighted by molar-refractivity contribution is 0.0987. The number of hydrogen-bond acceptors (Lipinski definition) is 2. The Bertz CT molecular complexity index is 623. The number of nitrogens with zero attached hydrogens (tertiary/aromatic N) is 1.